The molecule has 4 nitrogen and oxygen atoms in total. The summed E-state index contributed by atoms with van der Waals surface area (Å²) in [6.07, 6.45) is 9.48. The van der Waals surface area contributed by atoms with Crippen LogP contribution in [0.5, 0.6) is 0 Å². The van der Waals surface area contributed by atoms with Crippen LogP contribution in [0.2, 0.25) is 0 Å². The normalized spacial score (nSPS) is 28.9. The van der Waals surface area contributed by atoms with E-state index in [9.17, 15) is 0 Å². The van der Waals surface area contributed by atoms with Gasteiger partial charge in [0.25, 0.3) is 0 Å². The zero-order valence-electron chi connectivity index (χ0n) is 11.6. The Balaban J connectivity index is 1.82. The van der Waals surface area contributed by atoms with E-state index in [-0.39, 0.29) is 0 Å². The number of aromatic amines is 1. The molecule has 0 saturated heterocycles. The largest absolute Gasteiger partial charge is 0.346 e. The average Bonchev–Trinajstić information content (AvgIpc) is 3.19. The van der Waals surface area contributed by atoms with Gasteiger partial charge in [0.15, 0.2) is 0 Å². The zero-order chi connectivity index (χ0) is 13.3. The molecule has 0 aromatic carbocycles. The molecule has 102 valence electrons. The van der Waals surface area contributed by atoms with Gasteiger partial charge in [0.05, 0.1) is 11.7 Å². The van der Waals surface area contributed by atoms with Crippen molar-refractivity contribution < 1.29 is 0 Å². The van der Waals surface area contributed by atoms with E-state index in [4.69, 9.17) is 4.98 Å². The molecule has 2 saturated carbocycles. The second-order valence-electron chi connectivity index (χ2n) is 6.50. The van der Waals surface area contributed by atoms with Crippen LogP contribution in [-0.4, -0.2) is 19.5 Å². The van der Waals surface area contributed by atoms with E-state index in [0.717, 1.165) is 28.8 Å². The highest BCUT2D eigenvalue weighted by Gasteiger charge is 2.41. The molecule has 0 unspecified atom stereocenters. The molecule has 0 spiro atoms. The number of hydrogen-bond acceptors (Lipinski definition) is 2. The minimum absolute atomic E-state index is 0.652. The van der Waals surface area contributed by atoms with Crippen molar-refractivity contribution >= 4 is 22.1 Å². The minimum atomic E-state index is 0.652. The summed E-state index contributed by atoms with van der Waals surface area (Å²) in [4.78, 5) is 12.4. The third kappa shape index (κ3) is 1.27. The molecule has 3 heterocycles. The fourth-order valence-electron chi connectivity index (χ4n) is 4.64. The van der Waals surface area contributed by atoms with Gasteiger partial charge in [0, 0.05) is 17.6 Å². The summed E-state index contributed by atoms with van der Waals surface area (Å²) in [6, 6.07) is 2.79. The third-order valence-electron chi connectivity index (χ3n) is 5.44. The summed E-state index contributed by atoms with van der Waals surface area (Å²) in [7, 11) is 0. The summed E-state index contributed by atoms with van der Waals surface area (Å²) < 4.78 is 2.51. The van der Waals surface area contributed by atoms with Gasteiger partial charge in [-0.3, -0.25) is 0 Å². The summed E-state index contributed by atoms with van der Waals surface area (Å²) in [6.45, 7) is 2.14. The molecule has 4 heteroatoms. The standard InChI is InChI=1S/C16H18N4/c1-9-19-13-8-18-16-12(4-5-17-16)15(13)20(9)14-7-10-2-3-11(14)6-10/h4-5,8,10-11,14H,2-3,6-7H2,1H3,(H,17,18)/t10-,11+,14+/m1/s1. The Morgan fingerprint density at radius 2 is 2.25 bits per heavy atom. The van der Waals surface area contributed by atoms with Crippen molar-refractivity contribution in [2.75, 3.05) is 0 Å². The number of nitrogens with one attached hydrogen (secondary N) is 1. The van der Waals surface area contributed by atoms with Crippen LogP contribution < -0.4 is 0 Å². The number of fused-ring (bicyclic) bond motifs is 5. The molecule has 2 fully saturated rings. The zero-order valence-corrected chi connectivity index (χ0v) is 11.6. The molecule has 5 rings (SSSR count). The number of H-pyrrole nitrogens is 1. The van der Waals surface area contributed by atoms with Crippen LogP contribution in [0.4, 0.5) is 0 Å². The SMILES string of the molecule is Cc1nc2cnc3[nH]ccc3c2n1[C@H]1C[C@@H]2CC[C@H]1C2. The maximum absolute atomic E-state index is 4.76. The monoisotopic (exact) mass is 266 g/mol. The molecule has 3 atom stereocenters. The average molecular weight is 266 g/mol. The highest BCUT2D eigenvalue weighted by Crippen LogP contribution is 2.51. The lowest BCUT2D eigenvalue weighted by molar-refractivity contribution is 0.332. The number of aryl methyl sites for hydroxylation is 1. The van der Waals surface area contributed by atoms with Crippen LogP contribution in [0.25, 0.3) is 22.1 Å². The van der Waals surface area contributed by atoms with E-state index >= 15 is 0 Å². The maximum atomic E-state index is 4.76. The highest BCUT2D eigenvalue weighted by atomic mass is 15.1. The smallest absolute Gasteiger partial charge is 0.139 e. The van der Waals surface area contributed by atoms with Crippen LogP contribution >= 0.6 is 0 Å². The topological polar surface area (TPSA) is 46.5 Å². The number of rotatable bonds is 1. The highest BCUT2D eigenvalue weighted by molar-refractivity contribution is 6.01. The van der Waals surface area contributed by atoms with Gasteiger partial charge in [-0.2, -0.15) is 0 Å². The van der Waals surface area contributed by atoms with Crippen molar-refractivity contribution in [2.24, 2.45) is 11.8 Å². The fraction of sp³-hybridized carbons (Fsp3) is 0.500. The summed E-state index contributed by atoms with van der Waals surface area (Å²) >= 11 is 0. The molecule has 3 aromatic rings. The summed E-state index contributed by atoms with van der Waals surface area (Å²) in [5.41, 5.74) is 3.30. The van der Waals surface area contributed by atoms with Crippen molar-refractivity contribution in [1.82, 2.24) is 19.5 Å². The number of aromatic nitrogens is 4. The lowest BCUT2D eigenvalue weighted by Crippen LogP contribution is -2.17. The Kier molecular flexibility index (Phi) is 1.97. The van der Waals surface area contributed by atoms with Gasteiger partial charge in [0.2, 0.25) is 0 Å². The van der Waals surface area contributed by atoms with Crippen molar-refractivity contribution in [3.63, 3.8) is 0 Å². The van der Waals surface area contributed by atoms with E-state index in [1.165, 1.54) is 36.6 Å². The van der Waals surface area contributed by atoms with Crippen molar-refractivity contribution in [3.05, 3.63) is 24.3 Å². The first-order valence-corrected chi connectivity index (χ1v) is 7.62. The van der Waals surface area contributed by atoms with Crippen LogP contribution in [0.1, 0.15) is 37.5 Å². The van der Waals surface area contributed by atoms with Gasteiger partial charge < -0.3 is 9.55 Å². The van der Waals surface area contributed by atoms with E-state index in [1.807, 2.05) is 12.4 Å². The molecule has 1 N–H and O–H groups in total. The first-order chi connectivity index (χ1) is 9.81. The van der Waals surface area contributed by atoms with Gasteiger partial charge in [-0.25, -0.2) is 9.97 Å². The molecule has 3 aromatic heterocycles. The Hall–Kier alpha value is -1.84. The first-order valence-electron chi connectivity index (χ1n) is 7.62. The van der Waals surface area contributed by atoms with Gasteiger partial charge in [-0.05, 0) is 44.1 Å². The van der Waals surface area contributed by atoms with Crippen molar-refractivity contribution in [3.8, 4) is 0 Å². The van der Waals surface area contributed by atoms with Crippen LogP contribution in [0.15, 0.2) is 18.5 Å². The molecule has 2 aliphatic carbocycles. The first kappa shape index (κ1) is 10.9. The predicted octanol–water partition coefficient (Wildman–Crippen LogP) is 3.58. The molecule has 0 aliphatic heterocycles. The van der Waals surface area contributed by atoms with E-state index in [1.54, 1.807) is 0 Å². The van der Waals surface area contributed by atoms with Gasteiger partial charge in [-0.15, -0.1) is 0 Å². The molecule has 0 amide bonds. The molecule has 20 heavy (non-hydrogen) atoms. The predicted molar refractivity (Wildman–Crippen MR) is 78.6 cm³/mol. The Bertz CT molecular complexity index is 812. The Morgan fingerprint density at radius 3 is 3.05 bits per heavy atom. The van der Waals surface area contributed by atoms with Crippen molar-refractivity contribution in [2.45, 2.75) is 38.6 Å². The van der Waals surface area contributed by atoms with Gasteiger partial charge in [0.1, 0.15) is 17.0 Å². The van der Waals surface area contributed by atoms with E-state index in [2.05, 4.69) is 27.5 Å². The number of hydrogen-bond donors (Lipinski definition) is 1. The van der Waals surface area contributed by atoms with Crippen LogP contribution in [-0.2, 0) is 0 Å². The van der Waals surface area contributed by atoms with Crippen LogP contribution in [0, 0.1) is 18.8 Å². The second kappa shape index (κ2) is 3.62. The summed E-state index contributed by atoms with van der Waals surface area (Å²) in [5.74, 6) is 2.96. The van der Waals surface area contributed by atoms with Gasteiger partial charge in [-0.1, -0.05) is 6.42 Å². The number of imidazole rings is 1. The van der Waals surface area contributed by atoms with E-state index < -0.39 is 0 Å². The molecule has 2 aliphatic rings. The van der Waals surface area contributed by atoms with Crippen LogP contribution in [0.3, 0.4) is 0 Å². The minimum Gasteiger partial charge on any atom is -0.346 e. The molecular formula is C16H18N4. The molecule has 0 radical (unpaired) electrons. The quantitative estimate of drug-likeness (QED) is 0.731. The molecular weight excluding hydrogens is 248 g/mol. The molecule has 2 bridgehead atoms. The van der Waals surface area contributed by atoms with Gasteiger partial charge >= 0.3 is 0 Å². The number of nitrogens with zero attached hydrogens (tertiary/aromatic N) is 3. The van der Waals surface area contributed by atoms with E-state index in [0.29, 0.717) is 6.04 Å². The Labute approximate surface area is 117 Å². The summed E-state index contributed by atoms with van der Waals surface area (Å²) in [5, 5.41) is 1.21. The Morgan fingerprint density at radius 1 is 1.30 bits per heavy atom. The lowest BCUT2D eigenvalue weighted by Gasteiger charge is -2.25. The maximum Gasteiger partial charge on any atom is 0.139 e. The third-order valence-corrected chi connectivity index (χ3v) is 5.44. The fourth-order valence-corrected chi connectivity index (χ4v) is 4.64. The lowest BCUT2D eigenvalue weighted by atomic mass is 9.95. The second-order valence-corrected chi connectivity index (χ2v) is 6.50. The van der Waals surface area contributed by atoms with Crippen molar-refractivity contribution in [1.29, 1.82) is 0 Å². The number of pyridine rings is 1.